The Morgan fingerprint density at radius 1 is 1.03 bits per heavy atom. The van der Waals surface area contributed by atoms with Gasteiger partial charge in [-0.3, -0.25) is 9.69 Å². The number of benzene rings is 2. The van der Waals surface area contributed by atoms with Crippen LogP contribution in [0.1, 0.15) is 48.2 Å². The topological polar surface area (TPSA) is 41.6 Å². The van der Waals surface area contributed by atoms with Gasteiger partial charge in [0.2, 0.25) is 0 Å². The highest BCUT2D eigenvalue weighted by Crippen LogP contribution is 2.35. The molecule has 2 aromatic rings. The number of carbonyl (C=O) groups excluding carboxylic acids is 1. The quantitative estimate of drug-likeness (QED) is 0.683. The number of ether oxygens (including phenoxy) is 1. The fourth-order valence-corrected chi connectivity index (χ4v) is 4.08. The molecule has 0 unspecified atom stereocenters. The maximum Gasteiger partial charge on any atom is 0.251 e. The molecule has 0 aliphatic carbocycles. The summed E-state index contributed by atoms with van der Waals surface area (Å²) < 4.78 is 5.58. The third-order valence-corrected chi connectivity index (χ3v) is 6.26. The minimum Gasteiger partial charge on any atom is -0.381 e. The molecular formula is C24H31ClN2O2. The zero-order valence-corrected chi connectivity index (χ0v) is 18.2. The summed E-state index contributed by atoms with van der Waals surface area (Å²) in [5.74, 6) is -0.0285. The van der Waals surface area contributed by atoms with Crippen LogP contribution in [0, 0.1) is 0 Å². The lowest BCUT2D eigenvalue weighted by Crippen LogP contribution is -2.44. The van der Waals surface area contributed by atoms with Crippen molar-refractivity contribution < 1.29 is 9.53 Å². The summed E-state index contributed by atoms with van der Waals surface area (Å²) >= 11 is 6.07. The Labute approximate surface area is 179 Å². The van der Waals surface area contributed by atoms with E-state index in [1.165, 1.54) is 11.1 Å². The summed E-state index contributed by atoms with van der Waals surface area (Å²) in [6.45, 7) is 9.30. The number of rotatable bonds is 8. The highest BCUT2D eigenvalue weighted by Gasteiger charge is 2.34. The molecule has 0 saturated carbocycles. The molecule has 0 aromatic heterocycles. The molecule has 4 nitrogen and oxygen atoms in total. The molecule has 1 fully saturated rings. The minimum atomic E-state index is -0.110. The molecule has 0 radical (unpaired) electrons. The van der Waals surface area contributed by atoms with E-state index in [1.807, 2.05) is 24.3 Å². The van der Waals surface area contributed by atoms with Gasteiger partial charge in [-0.1, -0.05) is 49.7 Å². The summed E-state index contributed by atoms with van der Waals surface area (Å²) in [5, 5.41) is 3.89. The molecule has 0 atom stereocenters. The second kappa shape index (κ2) is 10.2. The van der Waals surface area contributed by atoms with Gasteiger partial charge in [0.1, 0.15) is 0 Å². The SMILES string of the molecule is CCN(CC)Cc1ccc(C(=O)NCC2(c3ccc(Cl)cc3)CCOCC2)cc1. The molecule has 156 valence electrons. The molecule has 0 bridgehead atoms. The average Bonchev–Trinajstić information content (AvgIpc) is 2.77. The summed E-state index contributed by atoms with van der Waals surface area (Å²) in [6.07, 6.45) is 1.77. The summed E-state index contributed by atoms with van der Waals surface area (Å²) in [6, 6.07) is 15.9. The molecule has 1 amide bonds. The van der Waals surface area contributed by atoms with Crippen LogP contribution in [0.25, 0.3) is 0 Å². The maximum atomic E-state index is 12.8. The number of halogens is 1. The first kappa shape index (κ1) is 21.8. The lowest BCUT2D eigenvalue weighted by Gasteiger charge is -2.38. The first-order valence-corrected chi connectivity index (χ1v) is 10.9. The van der Waals surface area contributed by atoms with Gasteiger partial charge in [0.25, 0.3) is 5.91 Å². The number of carbonyl (C=O) groups is 1. The van der Waals surface area contributed by atoms with Crippen LogP contribution in [0.4, 0.5) is 0 Å². The second-order valence-corrected chi connectivity index (χ2v) is 8.18. The van der Waals surface area contributed by atoms with Crippen molar-refractivity contribution in [3.63, 3.8) is 0 Å². The Morgan fingerprint density at radius 3 is 2.24 bits per heavy atom. The molecule has 1 heterocycles. The predicted octanol–water partition coefficient (Wildman–Crippen LogP) is 4.66. The largest absolute Gasteiger partial charge is 0.381 e. The van der Waals surface area contributed by atoms with E-state index in [1.54, 1.807) is 0 Å². The highest BCUT2D eigenvalue weighted by molar-refractivity contribution is 6.30. The monoisotopic (exact) mass is 414 g/mol. The van der Waals surface area contributed by atoms with Crippen LogP contribution in [0.15, 0.2) is 48.5 Å². The number of amides is 1. The van der Waals surface area contributed by atoms with E-state index < -0.39 is 0 Å². The van der Waals surface area contributed by atoms with Gasteiger partial charge in [0, 0.05) is 42.3 Å². The van der Waals surface area contributed by atoms with Crippen LogP contribution >= 0.6 is 11.6 Å². The molecule has 3 rings (SSSR count). The molecule has 29 heavy (non-hydrogen) atoms. The van der Waals surface area contributed by atoms with Gasteiger partial charge in [-0.2, -0.15) is 0 Å². The number of nitrogens with one attached hydrogen (secondary N) is 1. The van der Waals surface area contributed by atoms with Crippen LogP contribution in [-0.4, -0.2) is 43.7 Å². The van der Waals surface area contributed by atoms with Crippen molar-refractivity contribution in [1.82, 2.24) is 10.2 Å². The molecule has 2 aromatic carbocycles. The van der Waals surface area contributed by atoms with Crippen molar-refractivity contribution in [3.05, 3.63) is 70.2 Å². The Hall–Kier alpha value is -1.88. The minimum absolute atomic E-state index is 0.0285. The van der Waals surface area contributed by atoms with E-state index in [0.29, 0.717) is 25.3 Å². The van der Waals surface area contributed by atoms with Crippen molar-refractivity contribution in [3.8, 4) is 0 Å². The fourth-order valence-electron chi connectivity index (χ4n) is 3.95. The van der Waals surface area contributed by atoms with Gasteiger partial charge in [-0.05, 0) is 61.3 Å². The number of nitrogens with zero attached hydrogens (tertiary/aromatic N) is 1. The van der Waals surface area contributed by atoms with E-state index >= 15 is 0 Å². The van der Waals surface area contributed by atoms with Crippen molar-refractivity contribution in [2.75, 3.05) is 32.8 Å². The van der Waals surface area contributed by atoms with Crippen LogP contribution in [-0.2, 0) is 16.7 Å². The molecule has 1 aliphatic heterocycles. The zero-order valence-electron chi connectivity index (χ0n) is 17.4. The highest BCUT2D eigenvalue weighted by atomic mass is 35.5. The first-order chi connectivity index (χ1) is 14.1. The fraction of sp³-hybridized carbons (Fsp3) is 0.458. The third-order valence-electron chi connectivity index (χ3n) is 6.01. The van der Waals surface area contributed by atoms with Crippen LogP contribution < -0.4 is 5.32 Å². The normalized spacial score (nSPS) is 16.0. The van der Waals surface area contributed by atoms with Crippen LogP contribution in [0.5, 0.6) is 0 Å². The molecular weight excluding hydrogens is 384 g/mol. The maximum absolute atomic E-state index is 12.8. The van der Waals surface area contributed by atoms with Gasteiger partial charge in [-0.25, -0.2) is 0 Å². The predicted molar refractivity (Wildman–Crippen MR) is 119 cm³/mol. The Bertz CT molecular complexity index is 780. The Kier molecular flexibility index (Phi) is 7.70. The number of hydrogen-bond acceptors (Lipinski definition) is 3. The average molecular weight is 415 g/mol. The summed E-state index contributed by atoms with van der Waals surface area (Å²) in [4.78, 5) is 15.1. The van der Waals surface area contributed by atoms with Gasteiger partial charge in [-0.15, -0.1) is 0 Å². The lowest BCUT2D eigenvalue weighted by molar-refractivity contribution is 0.0487. The Morgan fingerprint density at radius 2 is 1.66 bits per heavy atom. The summed E-state index contributed by atoms with van der Waals surface area (Å²) in [7, 11) is 0. The van der Waals surface area contributed by atoms with E-state index in [-0.39, 0.29) is 11.3 Å². The molecule has 1 aliphatic rings. The van der Waals surface area contributed by atoms with Crippen LogP contribution in [0.2, 0.25) is 5.02 Å². The lowest BCUT2D eigenvalue weighted by atomic mass is 9.74. The molecule has 0 spiro atoms. The van der Waals surface area contributed by atoms with E-state index in [0.717, 1.165) is 37.5 Å². The van der Waals surface area contributed by atoms with Crippen molar-refractivity contribution in [1.29, 1.82) is 0 Å². The standard InChI is InChI=1S/C24H31ClN2O2/c1-3-27(4-2)17-19-5-7-20(8-6-19)23(28)26-18-24(13-15-29-16-14-24)21-9-11-22(25)12-10-21/h5-12H,3-4,13-18H2,1-2H3,(H,26,28). The molecule has 1 N–H and O–H groups in total. The van der Waals surface area contributed by atoms with Crippen molar-refractivity contribution in [2.24, 2.45) is 0 Å². The molecule has 1 saturated heterocycles. The third kappa shape index (κ3) is 5.59. The van der Waals surface area contributed by atoms with Crippen molar-refractivity contribution in [2.45, 2.75) is 38.6 Å². The smallest absolute Gasteiger partial charge is 0.251 e. The Balaban J connectivity index is 1.66. The van der Waals surface area contributed by atoms with Gasteiger partial charge in [0.05, 0.1) is 0 Å². The first-order valence-electron chi connectivity index (χ1n) is 10.5. The van der Waals surface area contributed by atoms with E-state index in [4.69, 9.17) is 16.3 Å². The van der Waals surface area contributed by atoms with Gasteiger partial charge in [0.15, 0.2) is 0 Å². The number of hydrogen-bond donors (Lipinski definition) is 1. The van der Waals surface area contributed by atoms with Crippen molar-refractivity contribution >= 4 is 17.5 Å². The van der Waals surface area contributed by atoms with E-state index in [9.17, 15) is 4.79 Å². The van der Waals surface area contributed by atoms with E-state index in [2.05, 4.69) is 48.3 Å². The molecule has 5 heteroatoms. The van der Waals surface area contributed by atoms with Gasteiger partial charge < -0.3 is 10.1 Å². The van der Waals surface area contributed by atoms with Crippen LogP contribution in [0.3, 0.4) is 0 Å². The zero-order chi connectivity index (χ0) is 20.7. The summed E-state index contributed by atoms with van der Waals surface area (Å²) in [5.41, 5.74) is 3.03. The van der Waals surface area contributed by atoms with Gasteiger partial charge >= 0.3 is 0 Å². The second-order valence-electron chi connectivity index (χ2n) is 7.74.